The molecule has 0 aromatic carbocycles. The molecule has 4 nitrogen and oxygen atoms in total. The molecule has 0 saturated heterocycles. The number of primary amides is 1. The van der Waals surface area contributed by atoms with E-state index in [2.05, 4.69) is 11.9 Å². The molecule has 0 aliphatic rings. The number of nitrogens with zero attached hydrogens (tertiary/aromatic N) is 2. The van der Waals surface area contributed by atoms with E-state index in [4.69, 9.17) is 5.73 Å². The van der Waals surface area contributed by atoms with Crippen molar-refractivity contribution in [3.8, 4) is 0 Å². The van der Waals surface area contributed by atoms with Crippen molar-refractivity contribution in [2.75, 3.05) is 0 Å². The molecule has 1 heterocycles. The van der Waals surface area contributed by atoms with E-state index in [0.29, 0.717) is 5.82 Å². The molecule has 1 amide bonds. The molecular formula is C12H21N3O. The van der Waals surface area contributed by atoms with Crippen LogP contribution in [0.5, 0.6) is 0 Å². The van der Waals surface area contributed by atoms with Crippen molar-refractivity contribution in [1.29, 1.82) is 0 Å². The number of aromatic nitrogens is 2. The lowest BCUT2D eigenvalue weighted by Crippen LogP contribution is -2.17. The summed E-state index contributed by atoms with van der Waals surface area (Å²) in [7, 11) is 0. The fourth-order valence-corrected chi connectivity index (χ4v) is 1.76. The van der Waals surface area contributed by atoms with Crippen molar-refractivity contribution in [3.63, 3.8) is 0 Å². The van der Waals surface area contributed by atoms with Gasteiger partial charge in [-0.3, -0.25) is 4.79 Å². The van der Waals surface area contributed by atoms with Crippen LogP contribution in [0, 0.1) is 0 Å². The Morgan fingerprint density at radius 3 is 2.62 bits per heavy atom. The van der Waals surface area contributed by atoms with Crippen LogP contribution >= 0.6 is 0 Å². The Labute approximate surface area is 96.9 Å². The first-order chi connectivity index (χ1) is 7.69. The Balaban J connectivity index is 2.57. The quantitative estimate of drug-likeness (QED) is 0.720. The smallest absolute Gasteiger partial charge is 0.284 e. The van der Waals surface area contributed by atoms with Gasteiger partial charge in [0.25, 0.3) is 5.91 Å². The summed E-state index contributed by atoms with van der Waals surface area (Å²) in [6.45, 7) is 4.91. The zero-order valence-electron chi connectivity index (χ0n) is 10.2. The Hall–Kier alpha value is -1.32. The minimum atomic E-state index is -0.443. The monoisotopic (exact) mass is 223 g/mol. The average Bonchev–Trinajstić information content (AvgIpc) is 2.68. The van der Waals surface area contributed by atoms with Crippen molar-refractivity contribution < 1.29 is 4.79 Å². The molecule has 0 aliphatic carbocycles. The van der Waals surface area contributed by atoms with E-state index in [-0.39, 0.29) is 0 Å². The van der Waals surface area contributed by atoms with Crippen molar-refractivity contribution >= 4 is 5.91 Å². The summed E-state index contributed by atoms with van der Waals surface area (Å²) in [5.41, 5.74) is 6.24. The molecule has 0 atom stereocenters. The highest BCUT2D eigenvalue weighted by Gasteiger charge is 2.11. The zero-order valence-corrected chi connectivity index (χ0v) is 10.2. The first-order valence-corrected chi connectivity index (χ1v) is 6.04. The van der Waals surface area contributed by atoms with Gasteiger partial charge in [-0.1, -0.05) is 26.2 Å². The SMILES string of the molecule is CCCCCCc1cn(CC)c(C(N)=O)n1. The molecule has 0 saturated carbocycles. The molecule has 0 spiro atoms. The van der Waals surface area contributed by atoms with Crippen LogP contribution in [0.25, 0.3) is 0 Å². The van der Waals surface area contributed by atoms with Crippen molar-refractivity contribution in [2.45, 2.75) is 52.5 Å². The molecule has 1 rings (SSSR count). The third-order valence-electron chi connectivity index (χ3n) is 2.67. The van der Waals surface area contributed by atoms with Crippen LogP contribution in [0.15, 0.2) is 6.20 Å². The van der Waals surface area contributed by atoms with Crippen LogP contribution in [-0.4, -0.2) is 15.5 Å². The normalized spacial score (nSPS) is 10.6. The molecule has 90 valence electrons. The van der Waals surface area contributed by atoms with Gasteiger partial charge in [-0.25, -0.2) is 4.98 Å². The zero-order chi connectivity index (χ0) is 12.0. The lowest BCUT2D eigenvalue weighted by molar-refractivity contribution is 0.0986. The van der Waals surface area contributed by atoms with Gasteiger partial charge in [0.05, 0.1) is 5.69 Å². The second kappa shape index (κ2) is 6.30. The van der Waals surface area contributed by atoms with Crippen LogP contribution in [-0.2, 0) is 13.0 Å². The summed E-state index contributed by atoms with van der Waals surface area (Å²) < 4.78 is 1.82. The van der Waals surface area contributed by atoms with Gasteiger partial charge in [-0.05, 0) is 19.8 Å². The molecular weight excluding hydrogens is 202 g/mol. The molecule has 16 heavy (non-hydrogen) atoms. The van der Waals surface area contributed by atoms with E-state index in [1.165, 1.54) is 19.3 Å². The van der Waals surface area contributed by atoms with E-state index in [0.717, 1.165) is 25.1 Å². The maximum atomic E-state index is 11.1. The largest absolute Gasteiger partial charge is 0.363 e. The number of nitrogens with two attached hydrogens (primary N) is 1. The van der Waals surface area contributed by atoms with Crippen molar-refractivity contribution in [1.82, 2.24) is 9.55 Å². The summed E-state index contributed by atoms with van der Waals surface area (Å²) in [6.07, 6.45) is 7.72. The van der Waals surface area contributed by atoms with Crippen LogP contribution in [0.3, 0.4) is 0 Å². The highest BCUT2D eigenvalue weighted by molar-refractivity contribution is 5.89. The lowest BCUT2D eigenvalue weighted by Gasteiger charge is -1.98. The van der Waals surface area contributed by atoms with Crippen LogP contribution < -0.4 is 5.73 Å². The topological polar surface area (TPSA) is 60.9 Å². The number of unbranched alkanes of at least 4 members (excludes halogenated alkanes) is 3. The Bertz CT molecular complexity index is 344. The van der Waals surface area contributed by atoms with Crippen LogP contribution in [0.2, 0.25) is 0 Å². The molecule has 2 N–H and O–H groups in total. The van der Waals surface area contributed by atoms with Gasteiger partial charge in [0.15, 0.2) is 5.82 Å². The maximum Gasteiger partial charge on any atom is 0.284 e. The highest BCUT2D eigenvalue weighted by Crippen LogP contribution is 2.08. The number of hydrogen-bond acceptors (Lipinski definition) is 2. The number of hydrogen-bond donors (Lipinski definition) is 1. The predicted octanol–water partition coefficient (Wildman–Crippen LogP) is 2.12. The van der Waals surface area contributed by atoms with Crippen LogP contribution in [0.4, 0.5) is 0 Å². The molecule has 0 radical (unpaired) electrons. The summed E-state index contributed by atoms with van der Waals surface area (Å²) in [5.74, 6) is -0.0605. The number of imidazole rings is 1. The van der Waals surface area contributed by atoms with Gasteiger partial charge in [-0.15, -0.1) is 0 Å². The number of carbonyl (C=O) groups is 1. The summed E-state index contributed by atoms with van der Waals surface area (Å²) in [6, 6.07) is 0. The Morgan fingerprint density at radius 2 is 2.12 bits per heavy atom. The van der Waals surface area contributed by atoms with Gasteiger partial charge >= 0.3 is 0 Å². The third kappa shape index (κ3) is 3.36. The van der Waals surface area contributed by atoms with Crippen LogP contribution in [0.1, 0.15) is 55.8 Å². The fourth-order valence-electron chi connectivity index (χ4n) is 1.76. The lowest BCUT2D eigenvalue weighted by atomic mass is 10.1. The highest BCUT2D eigenvalue weighted by atomic mass is 16.1. The minimum absolute atomic E-state index is 0.382. The first-order valence-electron chi connectivity index (χ1n) is 6.04. The molecule has 0 bridgehead atoms. The average molecular weight is 223 g/mol. The molecule has 1 aromatic rings. The number of rotatable bonds is 7. The second-order valence-electron chi connectivity index (χ2n) is 4.02. The fraction of sp³-hybridized carbons (Fsp3) is 0.667. The number of carbonyl (C=O) groups excluding carboxylic acids is 1. The molecule has 1 aromatic heterocycles. The molecule has 0 aliphatic heterocycles. The molecule has 0 fully saturated rings. The van der Waals surface area contributed by atoms with Gasteiger partial charge in [-0.2, -0.15) is 0 Å². The van der Waals surface area contributed by atoms with Gasteiger partial charge in [0.2, 0.25) is 0 Å². The number of aryl methyl sites for hydroxylation is 2. The summed E-state index contributed by atoms with van der Waals surface area (Å²) in [4.78, 5) is 15.4. The third-order valence-corrected chi connectivity index (χ3v) is 2.67. The predicted molar refractivity (Wildman–Crippen MR) is 64.3 cm³/mol. The first kappa shape index (κ1) is 12.7. The van der Waals surface area contributed by atoms with E-state index in [9.17, 15) is 4.79 Å². The Kier molecular flexibility index (Phi) is 5.02. The van der Waals surface area contributed by atoms with E-state index in [1.807, 2.05) is 17.7 Å². The van der Waals surface area contributed by atoms with Gasteiger partial charge in [0.1, 0.15) is 0 Å². The van der Waals surface area contributed by atoms with Gasteiger partial charge in [0, 0.05) is 12.7 Å². The minimum Gasteiger partial charge on any atom is -0.363 e. The molecule has 4 heteroatoms. The second-order valence-corrected chi connectivity index (χ2v) is 4.02. The van der Waals surface area contributed by atoms with Crippen molar-refractivity contribution in [2.24, 2.45) is 5.73 Å². The maximum absolute atomic E-state index is 11.1. The Morgan fingerprint density at radius 1 is 1.38 bits per heavy atom. The standard InChI is InChI=1S/C12H21N3O/c1-3-5-6-7-8-10-9-15(4-2)12(14-10)11(13)16/h9H,3-8H2,1-2H3,(H2,13,16). The van der Waals surface area contributed by atoms with E-state index in [1.54, 1.807) is 0 Å². The number of amides is 1. The summed E-state index contributed by atoms with van der Waals surface area (Å²) in [5, 5.41) is 0. The van der Waals surface area contributed by atoms with Crippen molar-refractivity contribution in [3.05, 3.63) is 17.7 Å². The van der Waals surface area contributed by atoms with E-state index < -0.39 is 5.91 Å². The van der Waals surface area contributed by atoms with Gasteiger partial charge < -0.3 is 10.3 Å². The van der Waals surface area contributed by atoms with E-state index >= 15 is 0 Å². The molecule has 0 unspecified atom stereocenters. The summed E-state index contributed by atoms with van der Waals surface area (Å²) >= 11 is 0.